The van der Waals surface area contributed by atoms with Crippen molar-refractivity contribution in [3.63, 3.8) is 0 Å². The molecule has 0 aliphatic heterocycles. The van der Waals surface area contributed by atoms with E-state index in [0.717, 1.165) is 56.1 Å². The summed E-state index contributed by atoms with van der Waals surface area (Å²) < 4.78 is 0. The van der Waals surface area contributed by atoms with Crippen molar-refractivity contribution in [3.05, 3.63) is 53.1 Å². The van der Waals surface area contributed by atoms with E-state index in [-0.39, 0.29) is 5.41 Å². The van der Waals surface area contributed by atoms with Gasteiger partial charge in [0.15, 0.2) is 0 Å². The molecule has 0 amide bonds. The summed E-state index contributed by atoms with van der Waals surface area (Å²) in [7, 11) is 0. The van der Waals surface area contributed by atoms with E-state index >= 15 is 0 Å². The number of hydrogen-bond acceptors (Lipinski definition) is 2. The van der Waals surface area contributed by atoms with Gasteiger partial charge in [-0.2, -0.15) is 0 Å². The highest BCUT2D eigenvalue weighted by molar-refractivity contribution is 5.87. The Labute approximate surface area is 168 Å². The molecule has 146 valence electrons. The summed E-state index contributed by atoms with van der Waals surface area (Å²) in [5.74, 6) is 2.62. The van der Waals surface area contributed by atoms with Gasteiger partial charge in [-0.1, -0.05) is 44.2 Å². The lowest BCUT2D eigenvalue weighted by Gasteiger charge is -2.48. The number of hydrogen-bond donors (Lipinski definition) is 1. The van der Waals surface area contributed by atoms with Gasteiger partial charge in [-0.3, -0.25) is 4.79 Å². The zero-order valence-corrected chi connectivity index (χ0v) is 17.0. The van der Waals surface area contributed by atoms with Gasteiger partial charge in [0.25, 0.3) is 0 Å². The van der Waals surface area contributed by atoms with Crippen molar-refractivity contribution in [2.45, 2.75) is 64.7 Å². The number of benzene rings is 2. The molecule has 2 fully saturated rings. The Balaban J connectivity index is 1.56. The fourth-order valence-corrected chi connectivity index (χ4v) is 6.66. The number of ketones is 1. The largest absolute Gasteiger partial charge is 0.507 e. The number of carbonyl (C=O) groups is 1. The van der Waals surface area contributed by atoms with Gasteiger partial charge in [-0.05, 0) is 84.6 Å². The lowest BCUT2D eigenvalue weighted by molar-refractivity contribution is -0.129. The van der Waals surface area contributed by atoms with Crippen LogP contribution < -0.4 is 0 Å². The van der Waals surface area contributed by atoms with Crippen LogP contribution in [-0.4, -0.2) is 10.9 Å². The molecule has 2 heteroatoms. The van der Waals surface area contributed by atoms with Crippen molar-refractivity contribution in [2.24, 2.45) is 17.3 Å². The second-order valence-electron chi connectivity index (χ2n) is 9.41. The predicted octanol–water partition coefficient (Wildman–Crippen LogP) is 6.05. The normalized spacial score (nSPS) is 31.2. The molecule has 2 saturated carbocycles. The van der Waals surface area contributed by atoms with Gasteiger partial charge in [0, 0.05) is 17.4 Å². The molecular weight excluding hydrogens is 344 g/mol. The maximum atomic E-state index is 12.6. The molecule has 28 heavy (non-hydrogen) atoms. The molecule has 2 aromatic carbocycles. The van der Waals surface area contributed by atoms with Gasteiger partial charge in [0.2, 0.25) is 0 Å². The highest BCUT2D eigenvalue weighted by Gasteiger charge is 2.54. The number of aromatic hydroxyl groups is 1. The number of phenolic OH excluding ortho intramolecular Hbond substituents is 1. The summed E-state index contributed by atoms with van der Waals surface area (Å²) >= 11 is 0. The Morgan fingerprint density at radius 2 is 1.82 bits per heavy atom. The molecule has 0 saturated heterocycles. The number of Topliss-reactive ketones (excluding diaryl/α,β-unsaturated/α-hetero) is 1. The van der Waals surface area contributed by atoms with E-state index in [1.165, 1.54) is 16.7 Å². The smallest absolute Gasteiger partial charge is 0.139 e. The molecule has 0 radical (unpaired) electrons. The first-order chi connectivity index (χ1) is 13.5. The molecule has 0 aromatic heterocycles. The van der Waals surface area contributed by atoms with Crippen LogP contribution in [0, 0.1) is 17.3 Å². The Morgan fingerprint density at radius 1 is 1.04 bits per heavy atom. The minimum Gasteiger partial charge on any atom is -0.507 e. The van der Waals surface area contributed by atoms with Gasteiger partial charge in [0.1, 0.15) is 11.5 Å². The maximum Gasteiger partial charge on any atom is 0.139 e. The summed E-state index contributed by atoms with van der Waals surface area (Å²) in [6, 6.07) is 12.7. The van der Waals surface area contributed by atoms with E-state index in [1.54, 1.807) is 0 Å². The Hall–Kier alpha value is -2.09. The summed E-state index contributed by atoms with van der Waals surface area (Å²) in [6.07, 6.45) is 7.18. The molecule has 0 unspecified atom stereocenters. The molecule has 1 N–H and O–H groups in total. The summed E-state index contributed by atoms with van der Waals surface area (Å²) in [4.78, 5) is 12.6. The van der Waals surface area contributed by atoms with Crippen LogP contribution >= 0.6 is 0 Å². The van der Waals surface area contributed by atoms with Crippen molar-refractivity contribution in [1.82, 2.24) is 0 Å². The van der Waals surface area contributed by atoms with Gasteiger partial charge in [-0.25, -0.2) is 0 Å². The van der Waals surface area contributed by atoms with Crippen molar-refractivity contribution >= 4 is 5.78 Å². The van der Waals surface area contributed by atoms with E-state index in [0.29, 0.717) is 29.3 Å². The fourth-order valence-electron chi connectivity index (χ4n) is 6.66. The molecule has 2 aromatic rings. The summed E-state index contributed by atoms with van der Waals surface area (Å²) in [6.45, 7) is 4.40. The average Bonchev–Trinajstić information content (AvgIpc) is 3.02. The van der Waals surface area contributed by atoms with Crippen LogP contribution in [0.25, 0.3) is 11.1 Å². The molecule has 5 rings (SSSR count). The average molecular weight is 375 g/mol. The van der Waals surface area contributed by atoms with Crippen LogP contribution in [0.2, 0.25) is 0 Å². The van der Waals surface area contributed by atoms with Crippen LogP contribution in [0.4, 0.5) is 0 Å². The highest BCUT2D eigenvalue weighted by Crippen LogP contribution is 2.60. The van der Waals surface area contributed by atoms with E-state index in [2.05, 4.69) is 44.2 Å². The molecular formula is C26H30O2. The van der Waals surface area contributed by atoms with Crippen molar-refractivity contribution in [3.8, 4) is 16.9 Å². The van der Waals surface area contributed by atoms with E-state index < -0.39 is 0 Å². The number of phenols is 1. The minimum absolute atomic E-state index is 0.0750. The Morgan fingerprint density at radius 3 is 2.57 bits per heavy atom. The number of fused-ring (bicyclic) bond motifs is 5. The monoisotopic (exact) mass is 374 g/mol. The van der Waals surface area contributed by atoms with Crippen LogP contribution in [0.1, 0.15) is 68.6 Å². The van der Waals surface area contributed by atoms with Gasteiger partial charge >= 0.3 is 0 Å². The zero-order valence-electron chi connectivity index (χ0n) is 17.0. The maximum absolute atomic E-state index is 12.6. The standard InChI is InChI=1S/C26H30O2/c1-3-16-4-6-17(7-5-16)25-21-9-8-20-19(18(21)10-12-23(25)27)14-15-26(2)22(20)11-13-24(26)28/h4-7,10,12,19-20,22,27H,3,8-9,11,13-15H2,1-2H3/t19-,20-,22+,26+/m1/s1. The minimum atomic E-state index is -0.0750. The molecule has 4 atom stereocenters. The van der Waals surface area contributed by atoms with Crippen LogP contribution in [-0.2, 0) is 17.6 Å². The van der Waals surface area contributed by atoms with E-state index in [4.69, 9.17) is 0 Å². The second kappa shape index (κ2) is 6.47. The third kappa shape index (κ3) is 2.50. The lowest BCUT2D eigenvalue weighted by atomic mass is 9.55. The summed E-state index contributed by atoms with van der Waals surface area (Å²) in [5.41, 5.74) is 6.19. The first-order valence-electron chi connectivity index (χ1n) is 11.0. The van der Waals surface area contributed by atoms with Crippen LogP contribution in [0.5, 0.6) is 5.75 Å². The highest BCUT2D eigenvalue weighted by atomic mass is 16.3. The van der Waals surface area contributed by atoms with Crippen molar-refractivity contribution in [1.29, 1.82) is 0 Å². The first kappa shape index (κ1) is 18.0. The third-order valence-electron chi connectivity index (χ3n) is 8.25. The topological polar surface area (TPSA) is 37.3 Å². The van der Waals surface area contributed by atoms with Crippen molar-refractivity contribution < 1.29 is 9.90 Å². The fraction of sp³-hybridized carbons (Fsp3) is 0.500. The number of aryl methyl sites for hydroxylation is 1. The van der Waals surface area contributed by atoms with Crippen molar-refractivity contribution in [2.75, 3.05) is 0 Å². The Kier molecular flexibility index (Phi) is 4.15. The molecule has 2 nitrogen and oxygen atoms in total. The Bertz CT molecular complexity index is 926. The van der Waals surface area contributed by atoms with Gasteiger partial charge in [-0.15, -0.1) is 0 Å². The molecule has 3 aliphatic rings. The third-order valence-corrected chi connectivity index (χ3v) is 8.25. The molecule has 0 spiro atoms. The number of rotatable bonds is 2. The van der Waals surface area contributed by atoms with Crippen LogP contribution in [0.15, 0.2) is 36.4 Å². The van der Waals surface area contributed by atoms with Gasteiger partial charge in [0.05, 0.1) is 0 Å². The second-order valence-corrected chi connectivity index (χ2v) is 9.41. The SMILES string of the molecule is CCc1ccc(-c2c(O)ccc3c2CC[C@@H]2[C@@H]3CC[C@]3(C)C(=O)CC[C@@H]23)cc1. The zero-order chi connectivity index (χ0) is 19.5. The van der Waals surface area contributed by atoms with E-state index in [9.17, 15) is 9.90 Å². The van der Waals surface area contributed by atoms with Gasteiger partial charge < -0.3 is 5.11 Å². The van der Waals surface area contributed by atoms with E-state index in [1.807, 2.05) is 6.07 Å². The predicted molar refractivity (Wildman–Crippen MR) is 113 cm³/mol. The summed E-state index contributed by atoms with van der Waals surface area (Å²) in [5, 5.41) is 10.7. The number of carbonyl (C=O) groups excluding carboxylic acids is 1. The lowest BCUT2D eigenvalue weighted by Crippen LogP contribution is -2.42. The first-order valence-corrected chi connectivity index (χ1v) is 11.0. The quantitative estimate of drug-likeness (QED) is 0.695. The molecule has 0 bridgehead atoms. The molecule has 3 aliphatic carbocycles. The molecule has 0 heterocycles. The van der Waals surface area contributed by atoms with Crippen LogP contribution in [0.3, 0.4) is 0 Å².